The van der Waals surface area contributed by atoms with Gasteiger partial charge in [-0.15, -0.1) is 0 Å². The summed E-state index contributed by atoms with van der Waals surface area (Å²) in [7, 11) is -3.73. The molecule has 1 fully saturated rings. The Morgan fingerprint density at radius 3 is 2.50 bits per heavy atom. The van der Waals surface area contributed by atoms with E-state index >= 15 is 0 Å². The van der Waals surface area contributed by atoms with Gasteiger partial charge in [0, 0.05) is 37.4 Å². The van der Waals surface area contributed by atoms with Gasteiger partial charge in [-0.1, -0.05) is 6.07 Å². The zero-order valence-corrected chi connectivity index (χ0v) is 14.7. The number of amides is 2. The number of pyridine rings is 1. The second-order valence-electron chi connectivity index (χ2n) is 5.81. The maximum absolute atomic E-state index is 12.3. The number of hydrogen-bond donors (Lipinski definition) is 5. The van der Waals surface area contributed by atoms with E-state index in [-0.39, 0.29) is 16.7 Å². The summed E-state index contributed by atoms with van der Waals surface area (Å²) in [5.41, 5.74) is 6.49. The van der Waals surface area contributed by atoms with Gasteiger partial charge in [0.2, 0.25) is 0 Å². The average molecular weight is 376 g/mol. The summed E-state index contributed by atoms with van der Waals surface area (Å²) in [5.74, 6) is 0.580. The molecule has 0 bridgehead atoms. The minimum Gasteiger partial charge on any atom is -0.337 e. The Bertz CT molecular complexity index is 836. The smallest absolute Gasteiger partial charge is 0.319 e. The zero-order chi connectivity index (χ0) is 18.4. The fraction of sp³-hybridized carbons (Fsp3) is 0.250. The molecular formula is C16H20N6O3S. The van der Waals surface area contributed by atoms with Gasteiger partial charge in [0.15, 0.2) is 0 Å². The molecule has 1 aliphatic heterocycles. The molecule has 2 amide bonds. The van der Waals surface area contributed by atoms with Gasteiger partial charge in [-0.2, -0.15) is 0 Å². The Balaban J connectivity index is 1.56. The lowest BCUT2D eigenvalue weighted by atomic mass is 10.2. The molecule has 1 saturated heterocycles. The van der Waals surface area contributed by atoms with Crippen LogP contribution in [0.1, 0.15) is 0 Å². The van der Waals surface area contributed by atoms with E-state index in [9.17, 15) is 13.2 Å². The number of aromatic nitrogens is 1. The molecule has 3 rings (SSSR count). The molecule has 10 heteroatoms. The normalized spacial score (nSPS) is 14.8. The quantitative estimate of drug-likeness (QED) is 0.506. The van der Waals surface area contributed by atoms with Gasteiger partial charge in [-0.05, 0) is 36.4 Å². The third-order valence-electron chi connectivity index (χ3n) is 3.78. The van der Waals surface area contributed by atoms with Gasteiger partial charge in [0.05, 0.1) is 4.90 Å². The summed E-state index contributed by atoms with van der Waals surface area (Å²) < 4.78 is 27.0. The third-order valence-corrected chi connectivity index (χ3v) is 5.15. The summed E-state index contributed by atoms with van der Waals surface area (Å²) in [6.45, 7) is 2.15. The summed E-state index contributed by atoms with van der Waals surface area (Å²) in [5, 5.41) is 5.46. The van der Waals surface area contributed by atoms with E-state index in [1.165, 1.54) is 30.5 Å². The maximum atomic E-state index is 12.3. The molecule has 1 aromatic heterocycles. The highest BCUT2D eigenvalue weighted by molar-refractivity contribution is 7.92. The summed E-state index contributed by atoms with van der Waals surface area (Å²) in [6, 6.07) is 10.5. The molecule has 26 heavy (non-hydrogen) atoms. The number of anilines is 2. The highest BCUT2D eigenvalue weighted by Gasteiger charge is 2.16. The average Bonchev–Trinajstić information content (AvgIpc) is 3.14. The Hall–Kier alpha value is -2.69. The Morgan fingerprint density at radius 1 is 1.12 bits per heavy atom. The van der Waals surface area contributed by atoms with Crippen LogP contribution in [0.15, 0.2) is 53.6 Å². The first-order valence-corrected chi connectivity index (χ1v) is 9.56. The minimum atomic E-state index is -3.73. The van der Waals surface area contributed by atoms with Gasteiger partial charge in [0.1, 0.15) is 5.82 Å². The lowest BCUT2D eigenvalue weighted by molar-refractivity contribution is 0.250. The second kappa shape index (κ2) is 8.13. The van der Waals surface area contributed by atoms with Crippen molar-refractivity contribution < 1.29 is 13.2 Å². The first-order chi connectivity index (χ1) is 12.5. The van der Waals surface area contributed by atoms with Crippen LogP contribution in [0.5, 0.6) is 0 Å². The lowest BCUT2D eigenvalue weighted by Gasteiger charge is -2.11. The van der Waals surface area contributed by atoms with Crippen molar-refractivity contribution in [3.05, 3.63) is 48.7 Å². The number of benzene rings is 1. The maximum Gasteiger partial charge on any atom is 0.319 e. The zero-order valence-electron chi connectivity index (χ0n) is 13.9. The molecule has 9 nitrogen and oxygen atoms in total. The fourth-order valence-electron chi connectivity index (χ4n) is 2.40. The van der Waals surface area contributed by atoms with Crippen molar-refractivity contribution in [3.63, 3.8) is 0 Å². The van der Waals surface area contributed by atoms with Gasteiger partial charge >= 0.3 is 6.03 Å². The van der Waals surface area contributed by atoms with E-state index in [1.54, 1.807) is 18.2 Å². The summed E-state index contributed by atoms with van der Waals surface area (Å²) in [6.07, 6.45) is 1.50. The van der Waals surface area contributed by atoms with Gasteiger partial charge < -0.3 is 10.6 Å². The van der Waals surface area contributed by atoms with Crippen molar-refractivity contribution in [1.82, 2.24) is 21.2 Å². The van der Waals surface area contributed by atoms with Crippen LogP contribution in [0.4, 0.5) is 16.3 Å². The highest BCUT2D eigenvalue weighted by atomic mass is 32.2. The van der Waals surface area contributed by atoms with Gasteiger partial charge in [-0.3, -0.25) is 15.6 Å². The van der Waals surface area contributed by atoms with Crippen LogP contribution in [-0.2, 0) is 10.0 Å². The molecule has 0 atom stereocenters. The van der Waals surface area contributed by atoms with Crippen LogP contribution in [0.2, 0.25) is 0 Å². The molecule has 138 valence electrons. The first-order valence-electron chi connectivity index (χ1n) is 8.07. The van der Waals surface area contributed by atoms with Crippen molar-refractivity contribution in [1.29, 1.82) is 0 Å². The molecular weight excluding hydrogens is 356 g/mol. The number of rotatable bonds is 6. The molecule has 5 N–H and O–H groups in total. The molecule has 0 aliphatic carbocycles. The topological polar surface area (TPSA) is 124 Å². The number of hydrogen-bond acceptors (Lipinski definition) is 6. The van der Waals surface area contributed by atoms with Crippen molar-refractivity contribution in [2.24, 2.45) is 5.92 Å². The van der Waals surface area contributed by atoms with Crippen LogP contribution < -0.4 is 26.2 Å². The van der Waals surface area contributed by atoms with Gasteiger partial charge in [-0.25, -0.2) is 18.2 Å². The molecule has 0 saturated carbocycles. The number of carbonyl (C=O) groups excluding carboxylic acids is 1. The lowest BCUT2D eigenvalue weighted by Crippen LogP contribution is -2.34. The van der Waals surface area contributed by atoms with Crippen molar-refractivity contribution in [2.75, 3.05) is 29.7 Å². The van der Waals surface area contributed by atoms with Crippen LogP contribution in [-0.4, -0.2) is 39.1 Å². The summed E-state index contributed by atoms with van der Waals surface area (Å²) >= 11 is 0. The highest BCUT2D eigenvalue weighted by Crippen LogP contribution is 2.17. The van der Waals surface area contributed by atoms with E-state index in [0.29, 0.717) is 18.2 Å². The molecule has 0 radical (unpaired) electrons. The van der Waals surface area contributed by atoms with Crippen molar-refractivity contribution in [3.8, 4) is 0 Å². The van der Waals surface area contributed by atoms with Gasteiger partial charge in [0.25, 0.3) is 10.0 Å². The van der Waals surface area contributed by atoms with E-state index in [1.807, 2.05) is 0 Å². The molecule has 0 spiro atoms. The summed E-state index contributed by atoms with van der Waals surface area (Å²) in [4.78, 5) is 15.9. The van der Waals surface area contributed by atoms with E-state index < -0.39 is 10.0 Å². The number of hydrazine groups is 1. The molecule has 1 aromatic carbocycles. The Labute approximate surface area is 151 Å². The number of urea groups is 1. The largest absolute Gasteiger partial charge is 0.337 e. The Kier molecular flexibility index (Phi) is 5.66. The van der Waals surface area contributed by atoms with Crippen LogP contribution in [0.25, 0.3) is 0 Å². The molecule has 2 heterocycles. The standard InChI is InChI=1S/C16H20N6O3S/c23-16(18-9-12-10-19-20-11-12)21-13-4-6-14(7-5-13)26(24,25)22-15-3-1-2-8-17-15/h1-8,12,19-20H,9-11H2,(H,17,22)(H2,18,21,23). The number of nitrogens with zero attached hydrogens (tertiary/aromatic N) is 1. The van der Waals surface area contributed by atoms with Crippen LogP contribution in [0.3, 0.4) is 0 Å². The predicted molar refractivity (Wildman–Crippen MR) is 98.0 cm³/mol. The Morgan fingerprint density at radius 2 is 1.85 bits per heavy atom. The molecule has 0 unspecified atom stereocenters. The van der Waals surface area contributed by atoms with Crippen LogP contribution in [0, 0.1) is 5.92 Å². The first kappa shape index (κ1) is 18.1. The molecule has 1 aliphatic rings. The number of sulfonamides is 1. The van der Waals surface area contributed by atoms with E-state index in [4.69, 9.17) is 0 Å². The van der Waals surface area contributed by atoms with E-state index in [0.717, 1.165) is 13.1 Å². The van der Waals surface area contributed by atoms with Crippen LogP contribution >= 0.6 is 0 Å². The SMILES string of the molecule is O=C(NCC1CNNC1)Nc1ccc(S(=O)(=O)Nc2ccccn2)cc1. The second-order valence-corrected chi connectivity index (χ2v) is 7.49. The van der Waals surface area contributed by atoms with Crippen molar-refractivity contribution in [2.45, 2.75) is 4.90 Å². The number of nitrogens with one attached hydrogen (secondary N) is 5. The molecule has 2 aromatic rings. The third kappa shape index (κ3) is 4.91. The fourth-order valence-corrected chi connectivity index (χ4v) is 3.41. The number of carbonyl (C=O) groups is 1. The van der Waals surface area contributed by atoms with E-state index in [2.05, 4.69) is 31.2 Å². The minimum absolute atomic E-state index is 0.0808. The van der Waals surface area contributed by atoms with Crippen molar-refractivity contribution >= 4 is 27.6 Å². The monoisotopic (exact) mass is 376 g/mol. The predicted octanol–water partition coefficient (Wildman–Crippen LogP) is 0.728.